The Labute approximate surface area is 323 Å². The van der Waals surface area contributed by atoms with Gasteiger partial charge in [-0.15, -0.1) is 4.89 Å². The molecule has 55 heavy (non-hydrogen) atoms. The molecule has 0 aliphatic heterocycles. The van der Waals surface area contributed by atoms with E-state index in [-0.39, 0.29) is 10.8 Å². The van der Waals surface area contributed by atoms with Crippen molar-refractivity contribution in [2.75, 3.05) is 0 Å². The monoisotopic (exact) mass is 775 g/mol. The lowest BCUT2D eigenvalue weighted by Gasteiger charge is -2.48. The fraction of sp³-hybridized carbons (Fsp3) is 0.200. The predicted molar refractivity (Wildman–Crippen MR) is 217 cm³/mol. The molecule has 0 amide bonds. The lowest BCUT2D eigenvalue weighted by molar-refractivity contribution is 0.127. The third kappa shape index (κ3) is 9.71. The van der Waals surface area contributed by atoms with Gasteiger partial charge >= 0.3 is 16.0 Å². The highest BCUT2D eigenvalue weighted by atomic mass is 31.2. The van der Waals surface area contributed by atoms with E-state index in [9.17, 15) is 9.46 Å². The van der Waals surface area contributed by atoms with Gasteiger partial charge in [0.25, 0.3) is 0 Å². The van der Waals surface area contributed by atoms with Gasteiger partial charge in [0, 0.05) is 5.41 Å². The highest BCUT2D eigenvalue weighted by molar-refractivity contribution is 7.56. The summed E-state index contributed by atoms with van der Waals surface area (Å²) in [6.07, 6.45) is 2.90. The number of phosphoric ester groups is 1. The molecule has 10 heteroatoms. The lowest BCUT2D eigenvalue weighted by atomic mass is 9.55. The maximum atomic E-state index is 14.1. The summed E-state index contributed by atoms with van der Waals surface area (Å²) in [6, 6.07) is 51.2. The molecule has 0 aromatic heterocycles. The van der Waals surface area contributed by atoms with Crippen molar-refractivity contribution in [2.24, 2.45) is 11.3 Å². The van der Waals surface area contributed by atoms with Crippen molar-refractivity contribution >= 4 is 16.0 Å². The number of benzene rings is 6. The number of para-hydroxylation sites is 4. The molecule has 0 spiro atoms. The summed E-state index contributed by atoms with van der Waals surface area (Å²) in [5.41, 5.74) is 1.88. The molecule has 8 nitrogen and oxygen atoms in total. The fourth-order valence-corrected chi connectivity index (χ4v) is 10.2. The van der Waals surface area contributed by atoms with E-state index in [0.717, 1.165) is 30.4 Å². The van der Waals surface area contributed by atoms with Crippen LogP contribution < -0.4 is 27.1 Å². The Balaban J connectivity index is 1.17. The highest BCUT2D eigenvalue weighted by Gasteiger charge is 2.51. The first-order valence-corrected chi connectivity index (χ1v) is 21.3. The van der Waals surface area contributed by atoms with E-state index < -0.39 is 16.0 Å². The maximum absolute atomic E-state index is 14.1. The zero-order valence-corrected chi connectivity index (χ0v) is 32.9. The summed E-state index contributed by atoms with van der Waals surface area (Å²) in [4.78, 5) is 11.7. The molecule has 2 unspecified atom stereocenters. The van der Waals surface area contributed by atoms with Crippen molar-refractivity contribution in [3.63, 3.8) is 0 Å². The van der Waals surface area contributed by atoms with E-state index in [1.165, 1.54) is 0 Å². The molecule has 0 heterocycles. The summed E-state index contributed by atoms with van der Waals surface area (Å²) >= 11 is 0. The second-order valence-corrected chi connectivity index (χ2v) is 17.6. The molecule has 6 aromatic carbocycles. The molecular formula is C45H45O8P2+. The largest absolute Gasteiger partial charge is 0.714 e. The topological polar surface area (TPSA) is 92.7 Å². The molecule has 0 saturated heterocycles. The molecule has 0 bridgehead atoms. The zero-order chi connectivity index (χ0) is 38.4. The third-order valence-electron chi connectivity index (χ3n) is 9.48. The quantitative estimate of drug-likeness (QED) is 0.109. The summed E-state index contributed by atoms with van der Waals surface area (Å²) in [6.45, 7) is 6.93. The number of rotatable bonds is 14. The van der Waals surface area contributed by atoms with Crippen molar-refractivity contribution in [3.8, 4) is 34.5 Å². The Morgan fingerprint density at radius 2 is 0.836 bits per heavy atom. The van der Waals surface area contributed by atoms with Crippen LogP contribution in [0.4, 0.5) is 0 Å². The van der Waals surface area contributed by atoms with Crippen LogP contribution in [0.1, 0.15) is 51.2 Å². The van der Waals surface area contributed by atoms with Crippen LogP contribution in [0.3, 0.4) is 0 Å². The summed E-state index contributed by atoms with van der Waals surface area (Å²) < 4.78 is 50.0. The van der Waals surface area contributed by atoms with Crippen molar-refractivity contribution in [3.05, 3.63) is 181 Å². The molecule has 1 fully saturated rings. The molecular weight excluding hydrogens is 730 g/mol. The Hall–Kier alpha value is -5.26. The van der Waals surface area contributed by atoms with Gasteiger partial charge in [0.1, 0.15) is 17.2 Å². The number of hydrogen-bond donors (Lipinski definition) is 1. The third-order valence-corrected chi connectivity index (χ3v) is 12.1. The normalized spacial score (nSPS) is 18.1. The van der Waals surface area contributed by atoms with E-state index >= 15 is 0 Å². The van der Waals surface area contributed by atoms with Crippen LogP contribution in [-0.2, 0) is 9.98 Å². The average Bonchev–Trinajstić information content (AvgIpc) is 3.16. The molecule has 1 aliphatic carbocycles. The molecule has 6 aromatic rings. The van der Waals surface area contributed by atoms with E-state index in [4.69, 9.17) is 27.1 Å². The molecule has 2 atom stereocenters. The van der Waals surface area contributed by atoms with E-state index in [1.54, 1.807) is 72.8 Å². The molecule has 282 valence electrons. The van der Waals surface area contributed by atoms with Crippen LogP contribution in [0.5, 0.6) is 34.5 Å². The van der Waals surface area contributed by atoms with E-state index in [0.29, 0.717) is 40.4 Å². The van der Waals surface area contributed by atoms with Crippen LogP contribution >= 0.6 is 16.0 Å². The summed E-state index contributed by atoms with van der Waals surface area (Å²) in [7, 11) is -8.07. The van der Waals surface area contributed by atoms with Crippen LogP contribution in [-0.4, -0.2) is 4.89 Å². The average molecular weight is 776 g/mol. The van der Waals surface area contributed by atoms with Gasteiger partial charge in [-0.3, -0.25) is 0 Å². The zero-order valence-electron chi connectivity index (χ0n) is 31.1. The van der Waals surface area contributed by atoms with Crippen LogP contribution in [0, 0.1) is 11.3 Å². The maximum Gasteiger partial charge on any atom is 0.714 e. The van der Waals surface area contributed by atoms with Gasteiger partial charge in [0.2, 0.25) is 0 Å². The predicted octanol–water partition coefficient (Wildman–Crippen LogP) is 12.7. The molecule has 7 rings (SSSR count). The van der Waals surface area contributed by atoms with Gasteiger partial charge in [-0.2, -0.15) is 4.57 Å². The molecule has 0 radical (unpaired) electrons. The van der Waals surface area contributed by atoms with E-state index in [2.05, 4.69) is 32.9 Å². The molecule has 1 saturated carbocycles. The fourth-order valence-electron chi connectivity index (χ4n) is 7.67. The highest BCUT2D eigenvalue weighted by Crippen LogP contribution is 2.58. The van der Waals surface area contributed by atoms with Gasteiger partial charge in [0.15, 0.2) is 17.2 Å². The van der Waals surface area contributed by atoms with Crippen molar-refractivity contribution in [2.45, 2.75) is 45.4 Å². The second kappa shape index (κ2) is 16.2. The minimum absolute atomic E-state index is 0.0452. The lowest BCUT2D eigenvalue weighted by Crippen LogP contribution is -2.41. The first-order valence-electron chi connectivity index (χ1n) is 18.3. The Morgan fingerprint density at radius 1 is 0.509 bits per heavy atom. The van der Waals surface area contributed by atoms with Crippen molar-refractivity contribution in [1.29, 1.82) is 0 Å². The van der Waals surface area contributed by atoms with Gasteiger partial charge in [0.05, 0.1) is 0 Å². The van der Waals surface area contributed by atoms with Gasteiger partial charge < -0.3 is 13.6 Å². The number of phosphoric acid groups is 1. The Kier molecular flexibility index (Phi) is 11.2. The van der Waals surface area contributed by atoms with Crippen LogP contribution in [0.2, 0.25) is 0 Å². The van der Waals surface area contributed by atoms with Gasteiger partial charge in [-0.1, -0.05) is 118 Å². The Morgan fingerprint density at radius 3 is 1.22 bits per heavy atom. The first-order chi connectivity index (χ1) is 26.5. The summed E-state index contributed by atoms with van der Waals surface area (Å²) in [5, 5.41) is 0. The minimum atomic E-state index is -4.16. The van der Waals surface area contributed by atoms with Crippen LogP contribution in [0.25, 0.3) is 0 Å². The smallest absolute Gasteiger partial charge is 0.386 e. The van der Waals surface area contributed by atoms with Crippen LogP contribution in [0.15, 0.2) is 170 Å². The minimum Gasteiger partial charge on any atom is -0.386 e. The van der Waals surface area contributed by atoms with Crippen molar-refractivity contribution in [1.82, 2.24) is 0 Å². The number of hydrogen-bond acceptors (Lipinski definition) is 8. The van der Waals surface area contributed by atoms with Gasteiger partial charge in [-0.25, -0.2) is 13.6 Å². The summed E-state index contributed by atoms with van der Waals surface area (Å²) in [5.74, 6) is 2.76. The molecule has 1 aliphatic rings. The molecule has 1 N–H and O–H groups in total. The second-order valence-electron chi connectivity index (χ2n) is 14.7. The SMILES string of the molecule is CC1CC(C)(C)CC(c2ccc(OP(=O)(Oc3ccccc3)Oc3ccccc3)cc2)(c2ccc(O[P+](O)(Oc3ccccc3)Oc3ccccc3)cc2)C1. The van der Waals surface area contributed by atoms with Gasteiger partial charge in [-0.05, 0) is 115 Å². The standard InChI is InChI=1S/C45H45O8P2/c1-35-32-44(2,3)34-45(33-35,36-24-28-42(29-25-36)52-54(46,48-38-16-8-4-9-17-38)49-39-18-10-5-11-19-39)37-26-30-43(31-27-37)53-55(47,50-40-20-12-6-13-21-40)51-41-22-14-7-15-23-41/h4-31,35,46H,32-34H2,1-3H3/q+1. The Bertz CT molecular complexity index is 2080. The first kappa shape index (κ1) is 38.0. The van der Waals surface area contributed by atoms with Crippen molar-refractivity contribution < 1.29 is 36.6 Å². The van der Waals surface area contributed by atoms with E-state index in [1.807, 2.05) is 84.9 Å².